The summed E-state index contributed by atoms with van der Waals surface area (Å²) in [7, 11) is -9.89. The predicted molar refractivity (Wildman–Crippen MR) is 349 cm³/mol. The number of unbranched alkanes of at least 4 members (excludes halogenated alkanes) is 40. The number of esters is 4. The molecule has 0 aliphatic carbocycles. The summed E-state index contributed by atoms with van der Waals surface area (Å²) in [4.78, 5) is 72.3. The molecule has 3 N–H and O–H groups in total. The average molecular weight is 1280 g/mol. The number of phosphoric ester groups is 2. The molecule has 0 radical (unpaired) electrons. The zero-order valence-corrected chi connectivity index (χ0v) is 57.9. The summed E-state index contributed by atoms with van der Waals surface area (Å²) in [5.74, 6) is -1.40. The van der Waals surface area contributed by atoms with Crippen molar-refractivity contribution < 1.29 is 80.2 Å². The summed E-state index contributed by atoms with van der Waals surface area (Å²) >= 11 is 0. The highest BCUT2D eigenvalue weighted by molar-refractivity contribution is 7.47. The molecule has 19 heteroatoms. The molecule has 87 heavy (non-hydrogen) atoms. The summed E-state index contributed by atoms with van der Waals surface area (Å²) in [5.41, 5.74) is 0. The molecule has 17 nitrogen and oxygen atoms in total. The average Bonchev–Trinajstić information content (AvgIpc) is 3.69. The molecule has 0 saturated heterocycles. The van der Waals surface area contributed by atoms with Gasteiger partial charge in [0.2, 0.25) is 0 Å². The Kier molecular flexibility index (Phi) is 60.2. The van der Waals surface area contributed by atoms with E-state index >= 15 is 0 Å². The van der Waals surface area contributed by atoms with Crippen molar-refractivity contribution in [2.24, 2.45) is 5.92 Å². The zero-order chi connectivity index (χ0) is 64.2. The molecular formula is C68H132O17P2. The number of aliphatic hydroxyl groups is 1. The number of phosphoric acid groups is 2. The maximum Gasteiger partial charge on any atom is 0.472 e. The lowest BCUT2D eigenvalue weighted by molar-refractivity contribution is -0.161. The third-order valence-corrected chi connectivity index (χ3v) is 17.7. The SMILES string of the molecule is CCCCCCCCCCCCCCCCCCCCCC(=O)O[C@H](COC(=O)CCCCCCCCCCC(C)C)COP(=O)(O)OC[C@@H](O)COP(=O)(O)OC[C@@H](COC(=O)CCCCCCCCCC)OC(=O)CCCCCCCCCCC. The number of carbonyl (C=O) groups is 4. The molecule has 2 unspecified atom stereocenters. The second kappa shape index (κ2) is 61.6. The predicted octanol–water partition coefficient (Wildman–Crippen LogP) is 19.4. The van der Waals surface area contributed by atoms with Gasteiger partial charge in [-0.2, -0.15) is 0 Å². The quantitative estimate of drug-likeness (QED) is 0.0222. The largest absolute Gasteiger partial charge is 0.472 e. The number of carbonyl (C=O) groups excluding carboxylic acids is 4. The van der Waals surface area contributed by atoms with E-state index in [4.69, 9.17) is 37.0 Å². The van der Waals surface area contributed by atoms with E-state index in [1.54, 1.807) is 0 Å². The van der Waals surface area contributed by atoms with E-state index in [9.17, 15) is 43.2 Å². The van der Waals surface area contributed by atoms with Crippen LogP contribution in [0.5, 0.6) is 0 Å². The van der Waals surface area contributed by atoms with E-state index in [0.29, 0.717) is 25.7 Å². The van der Waals surface area contributed by atoms with Gasteiger partial charge in [-0.1, -0.05) is 298 Å². The van der Waals surface area contributed by atoms with Gasteiger partial charge in [-0.25, -0.2) is 9.13 Å². The molecular weight excluding hydrogens is 1150 g/mol. The maximum atomic E-state index is 13.0. The van der Waals surface area contributed by atoms with Gasteiger partial charge < -0.3 is 33.8 Å². The topological polar surface area (TPSA) is 237 Å². The summed E-state index contributed by atoms with van der Waals surface area (Å²) in [6.07, 6.45) is 47.4. The first-order chi connectivity index (χ1) is 42.0. The molecule has 5 atom stereocenters. The molecule has 0 fully saturated rings. The van der Waals surface area contributed by atoms with Crippen LogP contribution in [0.25, 0.3) is 0 Å². The lowest BCUT2D eigenvalue weighted by Gasteiger charge is -2.21. The normalized spacial score (nSPS) is 14.1. The molecule has 516 valence electrons. The van der Waals surface area contributed by atoms with E-state index in [1.165, 1.54) is 167 Å². The van der Waals surface area contributed by atoms with E-state index in [2.05, 4.69) is 34.6 Å². The Bertz CT molecular complexity index is 1690. The number of hydrogen-bond acceptors (Lipinski definition) is 15. The molecule has 0 amide bonds. The summed E-state index contributed by atoms with van der Waals surface area (Å²) < 4.78 is 68.1. The highest BCUT2D eigenvalue weighted by atomic mass is 31.2. The minimum Gasteiger partial charge on any atom is -0.462 e. The van der Waals surface area contributed by atoms with Crippen LogP contribution in [-0.2, 0) is 65.4 Å². The molecule has 0 heterocycles. The van der Waals surface area contributed by atoms with Gasteiger partial charge in [0.1, 0.15) is 19.3 Å². The van der Waals surface area contributed by atoms with E-state index in [0.717, 1.165) is 102 Å². The van der Waals surface area contributed by atoms with Crippen LogP contribution < -0.4 is 0 Å². The van der Waals surface area contributed by atoms with Crippen molar-refractivity contribution in [3.63, 3.8) is 0 Å². The Hall–Kier alpha value is -1.94. The van der Waals surface area contributed by atoms with Crippen LogP contribution >= 0.6 is 15.6 Å². The third kappa shape index (κ3) is 62.6. The molecule has 0 aliphatic heterocycles. The van der Waals surface area contributed by atoms with Crippen LogP contribution in [0, 0.1) is 5.92 Å². The fraction of sp³-hybridized carbons (Fsp3) is 0.941. The van der Waals surface area contributed by atoms with Crippen LogP contribution in [-0.4, -0.2) is 96.7 Å². The Morgan fingerprint density at radius 2 is 0.529 bits per heavy atom. The Balaban J connectivity index is 5.16. The van der Waals surface area contributed by atoms with Gasteiger partial charge in [0.25, 0.3) is 0 Å². The molecule has 0 aromatic rings. The van der Waals surface area contributed by atoms with Crippen molar-refractivity contribution >= 4 is 39.5 Å². The van der Waals surface area contributed by atoms with Crippen LogP contribution in [0.15, 0.2) is 0 Å². The van der Waals surface area contributed by atoms with Gasteiger partial charge in [0.15, 0.2) is 12.2 Å². The van der Waals surface area contributed by atoms with Gasteiger partial charge in [-0.05, 0) is 31.6 Å². The minimum absolute atomic E-state index is 0.106. The van der Waals surface area contributed by atoms with E-state index in [1.807, 2.05) is 0 Å². The van der Waals surface area contributed by atoms with Crippen LogP contribution in [0.1, 0.15) is 349 Å². The second-order valence-corrected chi connectivity index (χ2v) is 27.9. The Morgan fingerprint density at radius 1 is 0.310 bits per heavy atom. The van der Waals surface area contributed by atoms with Gasteiger partial charge in [0.05, 0.1) is 26.4 Å². The van der Waals surface area contributed by atoms with Crippen molar-refractivity contribution in [3.8, 4) is 0 Å². The van der Waals surface area contributed by atoms with Gasteiger partial charge >= 0.3 is 39.5 Å². The van der Waals surface area contributed by atoms with Crippen molar-refractivity contribution in [1.29, 1.82) is 0 Å². The highest BCUT2D eigenvalue weighted by Crippen LogP contribution is 2.45. The monoisotopic (exact) mass is 1280 g/mol. The fourth-order valence-corrected chi connectivity index (χ4v) is 11.9. The molecule has 0 rings (SSSR count). The van der Waals surface area contributed by atoms with Crippen LogP contribution in [0.4, 0.5) is 0 Å². The number of hydrogen-bond donors (Lipinski definition) is 3. The molecule has 0 spiro atoms. The molecule has 0 aromatic carbocycles. The molecule has 0 aliphatic rings. The third-order valence-electron chi connectivity index (χ3n) is 15.8. The first-order valence-electron chi connectivity index (χ1n) is 35.6. The zero-order valence-electron chi connectivity index (χ0n) is 56.2. The highest BCUT2D eigenvalue weighted by Gasteiger charge is 2.30. The van der Waals surface area contributed by atoms with Crippen LogP contribution in [0.2, 0.25) is 0 Å². The second-order valence-electron chi connectivity index (χ2n) is 25.0. The number of aliphatic hydroxyl groups excluding tert-OH is 1. The van der Waals surface area contributed by atoms with Gasteiger partial charge in [0, 0.05) is 25.7 Å². The molecule has 0 aromatic heterocycles. The summed E-state index contributed by atoms with van der Waals surface area (Å²) in [5, 5.41) is 10.5. The van der Waals surface area contributed by atoms with Crippen molar-refractivity contribution in [3.05, 3.63) is 0 Å². The van der Waals surface area contributed by atoms with Gasteiger partial charge in [-0.15, -0.1) is 0 Å². The van der Waals surface area contributed by atoms with Gasteiger partial charge in [-0.3, -0.25) is 37.3 Å². The van der Waals surface area contributed by atoms with Crippen molar-refractivity contribution in [2.75, 3.05) is 39.6 Å². The van der Waals surface area contributed by atoms with Crippen LogP contribution in [0.3, 0.4) is 0 Å². The summed E-state index contributed by atoms with van der Waals surface area (Å²) in [6, 6.07) is 0. The molecule has 0 saturated carbocycles. The maximum absolute atomic E-state index is 13.0. The lowest BCUT2D eigenvalue weighted by atomic mass is 10.0. The summed E-state index contributed by atoms with van der Waals surface area (Å²) in [6.45, 7) is 7.15. The number of ether oxygens (including phenoxy) is 4. The van der Waals surface area contributed by atoms with Crippen molar-refractivity contribution in [1.82, 2.24) is 0 Å². The Labute approximate surface area is 530 Å². The smallest absolute Gasteiger partial charge is 0.462 e. The lowest BCUT2D eigenvalue weighted by Crippen LogP contribution is -2.30. The minimum atomic E-state index is -4.95. The number of rotatable bonds is 68. The van der Waals surface area contributed by atoms with E-state index in [-0.39, 0.29) is 25.7 Å². The fourth-order valence-electron chi connectivity index (χ4n) is 10.3. The first kappa shape index (κ1) is 85.1. The molecule has 0 bridgehead atoms. The van der Waals surface area contributed by atoms with E-state index < -0.39 is 97.5 Å². The Morgan fingerprint density at radius 3 is 0.782 bits per heavy atom. The van der Waals surface area contributed by atoms with Crippen molar-refractivity contribution in [2.45, 2.75) is 368 Å². The first-order valence-corrected chi connectivity index (χ1v) is 38.6. The standard InChI is InChI=1S/C68H132O17P2/c1-6-9-12-15-18-21-22-23-24-25-26-27-28-29-30-32-39-44-49-54-68(73)85-64(58-79-66(71)52-47-42-37-34-33-35-40-45-50-61(4)5)60-83-87(76,77)81-56-62(69)55-80-86(74,75)82-59-63(57-78-65(70)51-46-41-36-20-17-14-11-8-3)84-67(72)53-48-43-38-31-19-16-13-10-7-2/h61-64,69H,6-60H2,1-5H3,(H,74,75)(H,76,77)/t62-,63+,64+/m0/s1.